The Morgan fingerprint density at radius 2 is 1.62 bits per heavy atom. The molecule has 2 aromatic carbocycles. The van der Waals surface area contributed by atoms with E-state index < -0.39 is 0 Å². The minimum absolute atomic E-state index is 0.0639. The van der Waals surface area contributed by atoms with Crippen LogP contribution in [0.15, 0.2) is 48.5 Å². The highest BCUT2D eigenvalue weighted by Gasteiger charge is 2.10. The lowest BCUT2D eigenvalue weighted by Gasteiger charge is -2.06. The fourth-order valence-electron chi connectivity index (χ4n) is 2.41. The molecule has 5 nitrogen and oxygen atoms in total. The van der Waals surface area contributed by atoms with E-state index in [4.69, 9.17) is 4.74 Å². The first kappa shape index (κ1) is 18.1. The van der Waals surface area contributed by atoms with Crippen molar-refractivity contribution < 1.29 is 9.53 Å². The topological polar surface area (TPSA) is 64.1 Å². The van der Waals surface area contributed by atoms with Crippen LogP contribution in [0, 0.1) is 0 Å². The molecular weight excluding hydrogens is 346 g/mol. The van der Waals surface area contributed by atoms with Crippen molar-refractivity contribution in [3.05, 3.63) is 59.7 Å². The van der Waals surface area contributed by atoms with Crippen LogP contribution in [0.1, 0.15) is 25.0 Å². The maximum atomic E-state index is 12.0. The van der Waals surface area contributed by atoms with Gasteiger partial charge >= 0.3 is 0 Å². The zero-order valence-corrected chi connectivity index (χ0v) is 15.7. The Labute approximate surface area is 157 Å². The Morgan fingerprint density at radius 3 is 2.23 bits per heavy atom. The Bertz CT molecular complexity index is 858. The average Bonchev–Trinajstić information content (AvgIpc) is 3.15. The number of rotatable bonds is 7. The van der Waals surface area contributed by atoms with Crippen molar-refractivity contribution in [2.45, 2.75) is 26.7 Å². The lowest BCUT2D eigenvalue weighted by molar-refractivity contribution is -0.118. The molecule has 0 aliphatic carbocycles. The van der Waals surface area contributed by atoms with Gasteiger partial charge in [-0.25, -0.2) is 0 Å². The average molecular weight is 367 g/mol. The molecule has 3 aromatic rings. The molecule has 1 aromatic heterocycles. The van der Waals surface area contributed by atoms with Gasteiger partial charge in [0.15, 0.2) is 12.4 Å². The van der Waals surface area contributed by atoms with Crippen molar-refractivity contribution in [1.29, 1.82) is 0 Å². The molecule has 0 saturated carbocycles. The summed E-state index contributed by atoms with van der Waals surface area (Å²) < 4.78 is 9.81. The molecule has 0 aliphatic heterocycles. The molecule has 0 aliphatic rings. The Morgan fingerprint density at radius 1 is 1.00 bits per heavy atom. The summed E-state index contributed by atoms with van der Waals surface area (Å²) in [6.45, 7) is 4.15. The summed E-state index contributed by atoms with van der Waals surface area (Å²) in [6.07, 6.45) is 1.97. The molecule has 0 saturated heterocycles. The van der Waals surface area contributed by atoms with E-state index >= 15 is 0 Å². The molecule has 1 N–H and O–H groups in total. The second-order valence-corrected chi connectivity index (χ2v) is 6.56. The molecule has 134 valence electrons. The van der Waals surface area contributed by atoms with Crippen LogP contribution in [-0.4, -0.2) is 21.9 Å². The van der Waals surface area contributed by atoms with Gasteiger partial charge in [0.25, 0.3) is 5.91 Å². The number of hydrogen-bond acceptors (Lipinski definition) is 5. The van der Waals surface area contributed by atoms with Crippen LogP contribution < -0.4 is 10.1 Å². The van der Waals surface area contributed by atoms with E-state index in [0.717, 1.165) is 29.9 Å². The number of aryl methyl sites for hydroxylation is 2. The number of carbonyl (C=O) groups is 1. The minimum Gasteiger partial charge on any atom is -0.484 e. The summed E-state index contributed by atoms with van der Waals surface area (Å²) in [5, 5.41) is 3.20. The molecule has 1 amide bonds. The second kappa shape index (κ2) is 8.58. The summed E-state index contributed by atoms with van der Waals surface area (Å²) in [5.41, 5.74) is 3.43. The van der Waals surface area contributed by atoms with Crippen molar-refractivity contribution in [3.63, 3.8) is 0 Å². The van der Waals surface area contributed by atoms with Gasteiger partial charge in [-0.15, -0.1) is 0 Å². The van der Waals surface area contributed by atoms with Gasteiger partial charge in [-0.2, -0.15) is 9.36 Å². The number of carbonyl (C=O) groups excluding carboxylic acids is 1. The van der Waals surface area contributed by atoms with Gasteiger partial charge in [0.05, 0.1) is 0 Å². The summed E-state index contributed by atoms with van der Waals surface area (Å²) >= 11 is 1.16. The summed E-state index contributed by atoms with van der Waals surface area (Å²) in [7, 11) is 0. The molecule has 0 radical (unpaired) electrons. The van der Waals surface area contributed by atoms with Crippen molar-refractivity contribution in [1.82, 2.24) is 9.36 Å². The van der Waals surface area contributed by atoms with E-state index in [1.54, 1.807) is 0 Å². The fourth-order valence-corrected chi connectivity index (χ4v) is 3.01. The monoisotopic (exact) mass is 367 g/mol. The summed E-state index contributed by atoms with van der Waals surface area (Å²) in [4.78, 5) is 16.4. The largest absolute Gasteiger partial charge is 0.484 e. The highest BCUT2D eigenvalue weighted by molar-refractivity contribution is 7.10. The number of nitrogens with zero attached hydrogens (tertiary/aromatic N) is 2. The van der Waals surface area contributed by atoms with Crippen LogP contribution in [0.3, 0.4) is 0 Å². The SMILES string of the molecule is CCc1ccc(OCC(=O)Nc2nc(-c3ccc(CC)cc3)ns2)cc1. The molecule has 0 unspecified atom stereocenters. The Kier molecular flexibility index (Phi) is 5.96. The molecule has 0 atom stereocenters. The molecule has 0 spiro atoms. The van der Waals surface area contributed by atoms with E-state index in [0.29, 0.717) is 16.7 Å². The third-order valence-electron chi connectivity index (χ3n) is 3.99. The van der Waals surface area contributed by atoms with E-state index in [2.05, 4.69) is 40.7 Å². The number of hydrogen-bond donors (Lipinski definition) is 1. The Hall–Kier alpha value is -2.73. The first-order chi connectivity index (χ1) is 12.7. The predicted molar refractivity (Wildman–Crippen MR) is 105 cm³/mol. The van der Waals surface area contributed by atoms with Gasteiger partial charge in [-0.3, -0.25) is 10.1 Å². The third-order valence-corrected chi connectivity index (χ3v) is 4.62. The van der Waals surface area contributed by atoms with Gasteiger partial charge in [0.2, 0.25) is 5.13 Å². The van der Waals surface area contributed by atoms with E-state index in [-0.39, 0.29) is 12.5 Å². The van der Waals surface area contributed by atoms with Crippen molar-refractivity contribution >= 4 is 22.6 Å². The second-order valence-electron chi connectivity index (χ2n) is 5.81. The minimum atomic E-state index is -0.256. The number of benzene rings is 2. The molecule has 3 rings (SSSR count). The highest BCUT2D eigenvalue weighted by Crippen LogP contribution is 2.21. The van der Waals surface area contributed by atoms with Crippen molar-refractivity contribution in [2.24, 2.45) is 0 Å². The highest BCUT2D eigenvalue weighted by atomic mass is 32.1. The smallest absolute Gasteiger partial charge is 0.264 e. The molecule has 0 fully saturated rings. The van der Waals surface area contributed by atoms with Crippen LogP contribution in [-0.2, 0) is 17.6 Å². The summed E-state index contributed by atoms with van der Waals surface area (Å²) in [6, 6.07) is 15.8. The number of amides is 1. The van der Waals surface area contributed by atoms with Crippen LogP contribution in [0.2, 0.25) is 0 Å². The van der Waals surface area contributed by atoms with Gasteiger partial charge in [-0.05, 0) is 36.1 Å². The van der Waals surface area contributed by atoms with Gasteiger partial charge in [0.1, 0.15) is 5.75 Å². The zero-order valence-electron chi connectivity index (χ0n) is 14.9. The molecule has 26 heavy (non-hydrogen) atoms. The maximum Gasteiger partial charge on any atom is 0.264 e. The molecule has 6 heteroatoms. The normalized spacial score (nSPS) is 10.5. The van der Waals surface area contributed by atoms with E-state index in [1.807, 2.05) is 36.4 Å². The molecular formula is C20H21N3O2S. The van der Waals surface area contributed by atoms with Crippen LogP contribution in [0.25, 0.3) is 11.4 Å². The van der Waals surface area contributed by atoms with Crippen molar-refractivity contribution in [2.75, 3.05) is 11.9 Å². The fraction of sp³-hybridized carbons (Fsp3) is 0.250. The number of aromatic nitrogens is 2. The number of anilines is 1. The van der Waals surface area contributed by atoms with Gasteiger partial charge in [-0.1, -0.05) is 50.2 Å². The summed E-state index contributed by atoms with van der Waals surface area (Å²) in [5.74, 6) is 1.03. The molecule has 1 heterocycles. The van der Waals surface area contributed by atoms with Crippen LogP contribution in [0.5, 0.6) is 5.75 Å². The first-order valence-corrected chi connectivity index (χ1v) is 9.40. The van der Waals surface area contributed by atoms with E-state index in [9.17, 15) is 4.79 Å². The number of ether oxygens (including phenoxy) is 1. The van der Waals surface area contributed by atoms with Crippen molar-refractivity contribution in [3.8, 4) is 17.1 Å². The first-order valence-electron chi connectivity index (χ1n) is 8.62. The lowest BCUT2D eigenvalue weighted by atomic mass is 10.1. The molecule has 0 bridgehead atoms. The zero-order chi connectivity index (χ0) is 18.4. The van der Waals surface area contributed by atoms with Crippen LogP contribution in [0.4, 0.5) is 5.13 Å². The van der Waals surface area contributed by atoms with E-state index in [1.165, 1.54) is 11.1 Å². The van der Waals surface area contributed by atoms with Gasteiger partial charge < -0.3 is 4.74 Å². The standard InChI is InChI=1S/C20H21N3O2S/c1-3-14-5-9-16(10-6-14)19-22-20(26-23-19)21-18(24)13-25-17-11-7-15(4-2)8-12-17/h5-12H,3-4,13H2,1-2H3,(H,21,22,23,24). The Balaban J connectivity index is 1.55. The third kappa shape index (κ3) is 4.67. The quantitative estimate of drug-likeness (QED) is 0.674. The lowest BCUT2D eigenvalue weighted by Crippen LogP contribution is -2.20. The number of nitrogens with one attached hydrogen (secondary N) is 1. The maximum absolute atomic E-state index is 12.0. The van der Waals surface area contributed by atoms with Gasteiger partial charge in [0, 0.05) is 17.1 Å². The predicted octanol–water partition coefficient (Wildman–Crippen LogP) is 4.35. The van der Waals surface area contributed by atoms with Crippen LogP contribution >= 0.6 is 11.5 Å².